The summed E-state index contributed by atoms with van der Waals surface area (Å²) in [7, 11) is 3.33. The highest BCUT2D eigenvalue weighted by Gasteiger charge is 2.57. The average Bonchev–Trinajstić information content (AvgIpc) is 3.40. The van der Waals surface area contributed by atoms with Gasteiger partial charge in [0.2, 0.25) is 5.72 Å². The summed E-state index contributed by atoms with van der Waals surface area (Å²) in [5.41, 5.74) is 1.47. The summed E-state index contributed by atoms with van der Waals surface area (Å²) in [5, 5.41) is 6.84. The molecule has 6 nitrogen and oxygen atoms in total. The summed E-state index contributed by atoms with van der Waals surface area (Å²) < 4.78 is 26.1. The van der Waals surface area contributed by atoms with Crippen LogP contribution in [0.1, 0.15) is 24.0 Å². The van der Waals surface area contributed by atoms with Gasteiger partial charge in [-0.1, -0.05) is 11.2 Å². The molecule has 8 heteroatoms. The SMILES string of the molecule is COc1ccc(CN2C(c3ccc4c(F)csc4c3)=NOC23CN2CCC3CC2)c(OC)c1. The topological polar surface area (TPSA) is 46.5 Å². The van der Waals surface area contributed by atoms with E-state index in [1.54, 1.807) is 19.6 Å². The zero-order valence-electron chi connectivity index (χ0n) is 18.7. The largest absolute Gasteiger partial charge is 0.497 e. The molecular weight excluding hydrogens is 441 g/mol. The lowest BCUT2D eigenvalue weighted by Crippen LogP contribution is -2.66. The fraction of sp³-hybridized carbons (Fsp3) is 0.400. The van der Waals surface area contributed by atoms with Crippen LogP contribution in [0.4, 0.5) is 4.39 Å². The number of rotatable bonds is 5. The van der Waals surface area contributed by atoms with Gasteiger partial charge in [-0.3, -0.25) is 4.90 Å². The number of benzene rings is 2. The predicted molar refractivity (Wildman–Crippen MR) is 126 cm³/mol. The van der Waals surface area contributed by atoms with Gasteiger partial charge in [0.15, 0.2) is 5.84 Å². The highest BCUT2D eigenvalue weighted by atomic mass is 32.1. The van der Waals surface area contributed by atoms with Gasteiger partial charge in [-0.25, -0.2) is 4.39 Å². The maximum atomic E-state index is 14.1. The minimum Gasteiger partial charge on any atom is -0.497 e. The number of halogens is 1. The van der Waals surface area contributed by atoms with Crippen molar-refractivity contribution in [3.63, 3.8) is 0 Å². The van der Waals surface area contributed by atoms with Gasteiger partial charge in [0.1, 0.15) is 17.3 Å². The second kappa shape index (κ2) is 7.88. The van der Waals surface area contributed by atoms with Crippen LogP contribution in [0.5, 0.6) is 11.5 Å². The standard InChI is InChI=1S/C25H26FN3O3S/c1-30-19-5-3-17(22(12-19)31-2)13-29-24(16-4-6-20-21(26)14-33-23(20)11-16)27-32-25(29)15-28-9-7-18(25)8-10-28/h3-6,11-12,14,18H,7-10,13,15H2,1-2H3. The van der Waals surface area contributed by atoms with E-state index in [9.17, 15) is 4.39 Å². The van der Waals surface area contributed by atoms with Crippen LogP contribution in [0, 0.1) is 11.7 Å². The molecule has 172 valence electrons. The van der Waals surface area contributed by atoms with E-state index in [0.29, 0.717) is 17.8 Å². The minimum absolute atomic E-state index is 0.181. The first kappa shape index (κ1) is 20.7. The van der Waals surface area contributed by atoms with Crippen LogP contribution in [0.2, 0.25) is 0 Å². The van der Waals surface area contributed by atoms with E-state index < -0.39 is 5.72 Å². The Morgan fingerprint density at radius 2 is 2.00 bits per heavy atom. The molecule has 5 heterocycles. The monoisotopic (exact) mass is 467 g/mol. The molecular formula is C25H26FN3O3S. The number of fused-ring (bicyclic) bond motifs is 3. The summed E-state index contributed by atoms with van der Waals surface area (Å²) in [6, 6.07) is 11.7. The van der Waals surface area contributed by atoms with Crippen molar-refractivity contribution >= 4 is 27.3 Å². The fourth-order valence-corrected chi connectivity index (χ4v) is 6.35. The van der Waals surface area contributed by atoms with Gasteiger partial charge in [0.05, 0.1) is 27.3 Å². The Morgan fingerprint density at radius 1 is 1.15 bits per heavy atom. The number of hydrogen-bond acceptors (Lipinski definition) is 7. The number of nitrogens with zero attached hydrogens (tertiary/aromatic N) is 3. The third-order valence-corrected chi connectivity index (χ3v) is 8.20. The predicted octanol–water partition coefficient (Wildman–Crippen LogP) is 4.67. The maximum Gasteiger partial charge on any atom is 0.227 e. The van der Waals surface area contributed by atoms with Crippen molar-refractivity contribution in [3.05, 3.63) is 58.7 Å². The molecule has 33 heavy (non-hydrogen) atoms. The van der Waals surface area contributed by atoms with E-state index >= 15 is 0 Å². The summed E-state index contributed by atoms with van der Waals surface area (Å²) in [5.74, 6) is 2.53. The van der Waals surface area contributed by atoms with Gasteiger partial charge >= 0.3 is 0 Å². The van der Waals surface area contributed by atoms with Crippen LogP contribution in [0.3, 0.4) is 0 Å². The molecule has 0 radical (unpaired) electrons. The average molecular weight is 468 g/mol. The molecule has 7 rings (SSSR count). The van der Waals surface area contributed by atoms with Gasteiger partial charge in [-0.15, -0.1) is 11.3 Å². The normalized spacial score (nSPS) is 26.0. The molecule has 4 aliphatic rings. The smallest absolute Gasteiger partial charge is 0.227 e. The van der Waals surface area contributed by atoms with Crippen molar-refractivity contribution in [1.82, 2.24) is 9.80 Å². The van der Waals surface area contributed by atoms with Crippen LogP contribution in [0.25, 0.3) is 10.1 Å². The molecule has 1 spiro atoms. The Kier molecular flexibility index (Phi) is 4.96. The Labute approximate surface area is 196 Å². The molecule has 3 saturated heterocycles. The van der Waals surface area contributed by atoms with Gasteiger partial charge in [-0.05, 0) is 50.2 Å². The van der Waals surface area contributed by atoms with Crippen molar-refractivity contribution in [1.29, 1.82) is 0 Å². The van der Waals surface area contributed by atoms with Gasteiger partial charge < -0.3 is 19.2 Å². The Morgan fingerprint density at radius 3 is 2.73 bits per heavy atom. The minimum atomic E-state index is -0.508. The second-order valence-corrected chi connectivity index (χ2v) is 9.87. The number of ether oxygens (including phenoxy) is 2. The molecule has 4 aliphatic heterocycles. The van der Waals surface area contributed by atoms with Crippen molar-refractivity contribution in [2.75, 3.05) is 33.9 Å². The Balaban J connectivity index is 1.42. The highest BCUT2D eigenvalue weighted by molar-refractivity contribution is 7.17. The number of oxime groups is 1. The van der Waals surface area contributed by atoms with Crippen molar-refractivity contribution in [3.8, 4) is 11.5 Å². The molecule has 3 fully saturated rings. The number of amidine groups is 1. The van der Waals surface area contributed by atoms with Crippen LogP contribution in [0.15, 0.2) is 46.9 Å². The van der Waals surface area contributed by atoms with E-state index in [0.717, 1.165) is 65.6 Å². The third-order valence-electron chi connectivity index (χ3n) is 7.29. The quantitative estimate of drug-likeness (QED) is 0.546. The van der Waals surface area contributed by atoms with E-state index in [1.165, 1.54) is 11.3 Å². The molecule has 0 saturated carbocycles. The lowest BCUT2D eigenvalue weighted by atomic mass is 9.79. The molecule has 2 bridgehead atoms. The number of hydrogen-bond donors (Lipinski definition) is 0. The molecule has 3 aromatic rings. The highest BCUT2D eigenvalue weighted by Crippen LogP contribution is 2.46. The molecule has 2 aromatic carbocycles. The maximum absolute atomic E-state index is 14.1. The van der Waals surface area contributed by atoms with Crippen molar-refractivity contribution < 1.29 is 18.7 Å². The molecule has 1 aromatic heterocycles. The zero-order chi connectivity index (χ0) is 22.6. The summed E-state index contributed by atoms with van der Waals surface area (Å²) in [6.45, 7) is 3.61. The van der Waals surface area contributed by atoms with Crippen LogP contribution < -0.4 is 9.47 Å². The summed E-state index contributed by atoms with van der Waals surface area (Å²) in [4.78, 5) is 11.1. The molecule has 0 amide bonds. The van der Waals surface area contributed by atoms with Crippen LogP contribution in [-0.2, 0) is 11.4 Å². The van der Waals surface area contributed by atoms with Crippen LogP contribution in [-0.4, -0.2) is 55.2 Å². The van der Waals surface area contributed by atoms with E-state index in [2.05, 4.69) is 15.0 Å². The van der Waals surface area contributed by atoms with Gasteiger partial charge in [0.25, 0.3) is 0 Å². The lowest BCUT2D eigenvalue weighted by molar-refractivity contribution is -0.198. The number of thiophene rings is 1. The number of methoxy groups -OCH3 is 2. The second-order valence-electron chi connectivity index (χ2n) is 8.96. The van der Waals surface area contributed by atoms with Crippen molar-refractivity contribution in [2.24, 2.45) is 11.1 Å². The first-order chi connectivity index (χ1) is 16.1. The Bertz CT molecular complexity index is 1240. The summed E-state index contributed by atoms with van der Waals surface area (Å²) >= 11 is 1.41. The van der Waals surface area contributed by atoms with Gasteiger partial charge in [-0.2, -0.15) is 0 Å². The zero-order valence-corrected chi connectivity index (χ0v) is 19.5. The first-order valence-electron chi connectivity index (χ1n) is 11.3. The molecule has 0 aliphatic carbocycles. The fourth-order valence-electron chi connectivity index (χ4n) is 5.51. The molecule has 1 unspecified atom stereocenters. The van der Waals surface area contributed by atoms with Gasteiger partial charge in [0, 0.05) is 38.6 Å². The Hall–Kier alpha value is -2.84. The summed E-state index contributed by atoms with van der Waals surface area (Å²) in [6.07, 6.45) is 2.18. The van der Waals surface area contributed by atoms with E-state index in [-0.39, 0.29) is 5.82 Å². The molecule has 1 atom stereocenters. The number of piperidine rings is 3. The van der Waals surface area contributed by atoms with Crippen molar-refractivity contribution in [2.45, 2.75) is 25.1 Å². The van der Waals surface area contributed by atoms with Crippen LogP contribution >= 0.6 is 11.3 Å². The first-order valence-corrected chi connectivity index (χ1v) is 12.1. The lowest BCUT2D eigenvalue weighted by Gasteiger charge is -2.53. The van der Waals surface area contributed by atoms with E-state index in [1.807, 2.05) is 36.4 Å². The van der Waals surface area contributed by atoms with E-state index in [4.69, 9.17) is 14.3 Å². The molecule has 0 N–H and O–H groups in total. The third kappa shape index (κ3) is 3.27.